The van der Waals surface area contributed by atoms with Crippen LogP contribution in [0.1, 0.15) is 34.9 Å². The molecule has 0 spiro atoms. The molecule has 3 aromatic heterocycles. The Balaban J connectivity index is 1.49. The normalized spacial score (nSPS) is 16.0. The minimum Gasteiger partial charge on any atom is -0.337 e. The van der Waals surface area contributed by atoms with Crippen LogP contribution in [-0.4, -0.2) is 43.5 Å². The topological polar surface area (TPSA) is 74.8 Å². The van der Waals surface area contributed by atoms with Crippen molar-refractivity contribution in [2.75, 3.05) is 13.1 Å². The Bertz CT molecular complexity index is 900. The summed E-state index contributed by atoms with van der Waals surface area (Å²) in [7, 11) is 0. The number of carbonyl (C=O) groups excluding carboxylic acids is 1. The van der Waals surface area contributed by atoms with Crippen LogP contribution in [0.15, 0.2) is 18.3 Å². The van der Waals surface area contributed by atoms with Gasteiger partial charge in [0.2, 0.25) is 0 Å². The predicted octanol–water partition coefficient (Wildman–Crippen LogP) is 3.74. The number of likely N-dealkylation sites (tertiary alicyclic amines) is 1. The number of hydrogen-bond donors (Lipinski definition) is 1. The third-order valence-corrected chi connectivity index (χ3v) is 5.96. The molecule has 1 aliphatic rings. The van der Waals surface area contributed by atoms with Crippen molar-refractivity contribution >= 4 is 51.7 Å². The van der Waals surface area contributed by atoms with Gasteiger partial charge in [0, 0.05) is 36.3 Å². The highest BCUT2D eigenvalue weighted by Crippen LogP contribution is 2.33. The fourth-order valence-electron chi connectivity index (χ4n) is 3.09. The molecule has 24 heavy (non-hydrogen) atoms. The van der Waals surface area contributed by atoms with E-state index in [4.69, 9.17) is 23.2 Å². The molecule has 9 heteroatoms. The fourth-order valence-corrected chi connectivity index (χ4v) is 4.08. The van der Waals surface area contributed by atoms with Crippen LogP contribution in [0.4, 0.5) is 0 Å². The van der Waals surface area contributed by atoms with E-state index in [0.29, 0.717) is 23.3 Å². The van der Waals surface area contributed by atoms with Gasteiger partial charge in [0.25, 0.3) is 5.91 Å². The zero-order valence-corrected chi connectivity index (χ0v) is 14.8. The van der Waals surface area contributed by atoms with Crippen molar-refractivity contribution < 1.29 is 4.79 Å². The summed E-state index contributed by atoms with van der Waals surface area (Å²) in [5.74, 6) is 0.176. The van der Waals surface area contributed by atoms with Crippen LogP contribution in [0, 0.1) is 0 Å². The summed E-state index contributed by atoms with van der Waals surface area (Å²) < 4.78 is 4.42. The van der Waals surface area contributed by atoms with Gasteiger partial charge in [-0.1, -0.05) is 23.2 Å². The lowest BCUT2D eigenvalue weighted by Crippen LogP contribution is -2.38. The van der Waals surface area contributed by atoms with Crippen molar-refractivity contribution in [2.24, 2.45) is 0 Å². The highest BCUT2D eigenvalue weighted by molar-refractivity contribution is 7.11. The van der Waals surface area contributed by atoms with E-state index in [9.17, 15) is 4.79 Å². The number of amides is 1. The number of carbonyl (C=O) groups is 1. The second kappa shape index (κ2) is 6.31. The standard InChI is InChI=1S/C15H13Cl2N5OS/c16-10-12(21-24-13(10)17)15(23)22-6-3-8(4-7-22)11-9-2-1-5-18-14(9)20-19-11/h1-2,5,8H,3-4,6-7H2,(H,18,19,20). The molecule has 0 aromatic carbocycles. The lowest BCUT2D eigenvalue weighted by molar-refractivity contribution is 0.0708. The predicted molar refractivity (Wildman–Crippen MR) is 93.9 cm³/mol. The first-order valence-corrected chi connectivity index (χ1v) is 9.07. The first kappa shape index (κ1) is 15.8. The lowest BCUT2D eigenvalue weighted by atomic mass is 9.92. The minimum absolute atomic E-state index is 0.155. The summed E-state index contributed by atoms with van der Waals surface area (Å²) in [5.41, 5.74) is 2.08. The SMILES string of the molecule is O=C(c1nsc(Cl)c1Cl)N1CCC(c2[nH]nc3ncccc23)CC1. The van der Waals surface area contributed by atoms with Gasteiger partial charge >= 0.3 is 0 Å². The average molecular weight is 382 g/mol. The fraction of sp³-hybridized carbons (Fsp3) is 0.333. The highest BCUT2D eigenvalue weighted by Gasteiger charge is 2.29. The van der Waals surface area contributed by atoms with Crippen molar-refractivity contribution in [3.63, 3.8) is 0 Å². The van der Waals surface area contributed by atoms with Crippen LogP contribution in [0.2, 0.25) is 9.36 Å². The largest absolute Gasteiger partial charge is 0.337 e. The van der Waals surface area contributed by atoms with E-state index in [0.717, 1.165) is 41.1 Å². The molecule has 0 saturated carbocycles. The molecule has 1 amide bonds. The van der Waals surface area contributed by atoms with Gasteiger partial charge in [-0.05, 0) is 36.5 Å². The number of pyridine rings is 1. The summed E-state index contributed by atoms with van der Waals surface area (Å²) in [4.78, 5) is 18.6. The smallest absolute Gasteiger partial charge is 0.275 e. The lowest BCUT2D eigenvalue weighted by Gasteiger charge is -2.31. The van der Waals surface area contributed by atoms with Crippen molar-refractivity contribution in [1.29, 1.82) is 0 Å². The molecule has 6 nitrogen and oxygen atoms in total. The van der Waals surface area contributed by atoms with Gasteiger partial charge in [0.1, 0.15) is 9.36 Å². The Morgan fingerprint density at radius 1 is 1.33 bits per heavy atom. The Kier molecular flexibility index (Phi) is 4.15. The average Bonchev–Trinajstić information content (AvgIpc) is 3.19. The monoisotopic (exact) mass is 381 g/mol. The molecule has 1 aliphatic heterocycles. The number of H-pyrrole nitrogens is 1. The third kappa shape index (κ3) is 2.66. The molecule has 3 aromatic rings. The third-order valence-electron chi connectivity index (χ3n) is 4.35. The van der Waals surface area contributed by atoms with E-state index in [-0.39, 0.29) is 16.6 Å². The van der Waals surface area contributed by atoms with Crippen LogP contribution in [-0.2, 0) is 0 Å². The number of nitrogens with zero attached hydrogens (tertiary/aromatic N) is 4. The summed E-state index contributed by atoms with van der Waals surface area (Å²) >= 11 is 13.0. The summed E-state index contributed by atoms with van der Waals surface area (Å²) in [6.07, 6.45) is 3.44. The maximum atomic E-state index is 12.5. The van der Waals surface area contributed by atoms with E-state index < -0.39 is 0 Å². The Labute approximate surface area is 151 Å². The minimum atomic E-state index is -0.155. The zero-order chi connectivity index (χ0) is 16.7. The molecule has 0 bridgehead atoms. The van der Waals surface area contributed by atoms with E-state index in [1.807, 2.05) is 12.1 Å². The molecule has 4 rings (SSSR count). The second-order valence-electron chi connectivity index (χ2n) is 5.70. The van der Waals surface area contributed by atoms with Gasteiger partial charge in [-0.3, -0.25) is 9.89 Å². The molecular weight excluding hydrogens is 369 g/mol. The maximum Gasteiger partial charge on any atom is 0.275 e. The van der Waals surface area contributed by atoms with Gasteiger partial charge in [0.15, 0.2) is 11.3 Å². The number of aromatic amines is 1. The number of nitrogens with one attached hydrogen (secondary N) is 1. The molecule has 0 radical (unpaired) electrons. The van der Waals surface area contributed by atoms with Gasteiger partial charge in [-0.15, -0.1) is 0 Å². The number of aromatic nitrogens is 4. The summed E-state index contributed by atoms with van der Waals surface area (Å²) in [6, 6.07) is 3.93. The van der Waals surface area contributed by atoms with Gasteiger partial charge in [0.05, 0.1) is 0 Å². The number of fused-ring (bicyclic) bond motifs is 1. The van der Waals surface area contributed by atoms with Crippen molar-refractivity contribution in [3.8, 4) is 0 Å². The number of halogens is 2. The van der Waals surface area contributed by atoms with E-state index in [1.165, 1.54) is 0 Å². The Morgan fingerprint density at radius 2 is 2.12 bits per heavy atom. The molecule has 0 aliphatic carbocycles. The van der Waals surface area contributed by atoms with E-state index in [2.05, 4.69) is 19.6 Å². The first-order valence-electron chi connectivity index (χ1n) is 7.54. The van der Waals surface area contributed by atoms with Crippen LogP contribution in [0.3, 0.4) is 0 Å². The number of rotatable bonds is 2. The number of hydrogen-bond acceptors (Lipinski definition) is 5. The molecular formula is C15H13Cl2N5OS. The molecule has 1 N–H and O–H groups in total. The Hall–Kier alpha value is -1.70. The highest BCUT2D eigenvalue weighted by atomic mass is 35.5. The molecule has 4 heterocycles. The van der Waals surface area contributed by atoms with Crippen LogP contribution < -0.4 is 0 Å². The van der Waals surface area contributed by atoms with Crippen LogP contribution in [0.5, 0.6) is 0 Å². The van der Waals surface area contributed by atoms with Gasteiger partial charge < -0.3 is 4.90 Å². The van der Waals surface area contributed by atoms with Gasteiger partial charge in [-0.25, -0.2) is 4.98 Å². The van der Waals surface area contributed by atoms with E-state index >= 15 is 0 Å². The molecule has 1 fully saturated rings. The quantitative estimate of drug-likeness (QED) is 0.733. The maximum absolute atomic E-state index is 12.5. The van der Waals surface area contributed by atoms with Crippen molar-refractivity contribution in [1.82, 2.24) is 24.5 Å². The summed E-state index contributed by atoms with van der Waals surface area (Å²) in [6.45, 7) is 1.30. The molecule has 1 saturated heterocycles. The molecule has 0 atom stereocenters. The molecule has 124 valence electrons. The van der Waals surface area contributed by atoms with Crippen molar-refractivity contribution in [2.45, 2.75) is 18.8 Å². The second-order valence-corrected chi connectivity index (χ2v) is 7.45. The number of piperidine rings is 1. The van der Waals surface area contributed by atoms with Gasteiger partial charge in [-0.2, -0.15) is 9.47 Å². The first-order chi connectivity index (χ1) is 11.6. The zero-order valence-electron chi connectivity index (χ0n) is 12.5. The van der Waals surface area contributed by atoms with Crippen molar-refractivity contribution in [3.05, 3.63) is 39.1 Å². The van der Waals surface area contributed by atoms with E-state index in [1.54, 1.807) is 11.1 Å². The van der Waals surface area contributed by atoms with Crippen LogP contribution in [0.25, 0.3) is 11.0 Å². The van der Waals surface area contributed by atoms with Crippen LogP contribution >= 0.6 is 34.7 Å². The summed E-state index contributed by atoms with van der Waals surface area (Å²) in [5, 5.41) is 8.66. The Morgan fingerprint density at radius 3 is 2.83 bits per heavy atom. The molecule has 0 unspecified atom stereocenters.